The van der Waals surface area contributed by atoms with Crippen LogP contribution in [0.1, 0.15) is 35.3 Å². The summed E-state index contributed by atoms with van der Waals surface area (Å²) in [6.45, 7) is 7.64. The zero-order valence-corrected chi connectivity index (χ0v) is 20.2. The van der Waals surface area contributed by atoms with Crippen LogP contribution in [0.3, 0.4) is 0 Å². The Kier molecular flexibility index (Phi) is 8.25. The van der Waals surface area contributed by atoms with Crippen LogP contribution in [0.4, 0.5) is 5.69 Å². The molecular formula is C26H31N3O3S. The molecule has 0 saturated heterocycles. The maximum atomic E-state index is 12.9. The van der Waals surface area contributed by atoms with E-state index in [2.05, 4.69) is 36.2 Å². The summed E-state index contributed by atoms with van der Waals surface area (Å²) in [4.78, 5) is 15.0. The molecule has 3 aromatic carbocycles. The summed E-state index contributed by atoms with van der Waals surface area (Å²) in [5, 5.41) is 2.90. The van der Waals surface area contributed by atoms with Gasteiger partial charge in [0.1, 0.15) is 0 Å². The SMILES string of the molecule is CCN(CC)Cc1ccc(CNC(=O)c2ccc(S(=O)(=O)N(C)c3ccccc3)cc2)cc1. The van der Waals surface area contributed by atoms with Gasteiger partial charge >= 0.3 is 0 Å². The smallest absolute Gasteiger partial charge is 0.264 e. The molecule has 0 bridgehead atoms. The van der Waals surface area contributed by atoms with Gasteiger partial charge in [-0.3, -0.25) is 14.0 Å². The number of amides is 1. The first-order chi connectivity index (χ1) is 15.8. The van der Waals surface area contributed by atoms with Crippen molar-refractivity contribution in [3.05, 3.63) is 95.6 Å². The highest BCUT2D eigenvalue weighted by Gasteiger charge is 2.21. The van der Waals surface area contributed by atoms with Crippen molar-refractivity contribution < 1.29 is 13.2 Å². The second-order valence-electron chi connectivity index (χ2n) is 7.79. The normalized spacial score (nSPS) is 11.4. The van der Waals surface area contributed by atoms with Crippen molar-refractivity contribution in [2.24, 2.45) is 0 Å². The molecule has 0 atom stereocenters. The summed E-state index contributed by atoms with van der Waals surface area (Å²) < 4.78 is 27.0. The monoisotopic (exact) mass is 465 g/mol. The van der Waals surface area contributed by atoms with Crippen molar-refractivity contribution >= 4 is 21.6 Å². The molecule has 0 aliphatic rings. The van der Waals surface area contributed by atoms with Gasteiger partial charge in [-0.1, -0.05) is 56.3 Å². The molecule has 6 nitrogen and oxygen atoms in total. The third-order valence-corrected chi connectivity index (χ3v) is 7.47. The van der Waals surface area contributed by atoms with Crippen LogP contribution in [0, 0.1) is 0 Å². The van der Waals surface area contributed by atoms with E-state index in [0.717, 1.165) is 25.2 Å². The number of carbonyl (C=O) groups is 1. The maximum absolute atomic E-state index is 12.9. The molecule has 1 N–H and O–H groups in total. The van der Waals surface area contributed by atoms with Crippen LogP contribution in [0.15, 0.2) is 83.8 Å². The molecule has 33 heavy (non-hydrogen) atoms. The van der Waals surface area contributed by atoms with E-state index in [4.69, 9.17) is 0 Å². The zero-order chi connectivity index (χ0) is 23.8. The summed E-state index contributed by atoms with van der Waals surface area (Å²) in [6, 6.07) is 23.1. The number of hydrogen-bond acceptors (Lipinski definition) is 4. The van der Waals surface area contributed by atoms with Gasteiger partial charge in [-0.05, 0) is 60.6 Å². The molecule has 0 aromatic heterocycles. The lowest BCUT2D eigenvalue weighted by Crippen LogP contribution is -2.27. The Hall–Kier alpha value is -3.16. The molecule has 0 aliphatic heterocycles. The molecule has 3 aromatic rings. The highest BCUT2D eigenvalue weighted by molar-refractivity contribution is 7.92. The van der Waals surface area contributed by atoms with Crippen LogP contribution in [-0.2, 0) is 23.1 Å². The summed E-state index contributed by atoms with van der Waals surface area (Å²) in [5.74, 6) is -0.248. The lowest BCUT2D eigenvalue weighted by molar-refractivity contribution is 0.0951. The van der Waals surface area contributed by atoms with Gasteiger partial charge in [0.2, 0.25) is 0 Å². The Morgan fingerprint density at radius 3 is 1.97 bits per heavy atom. The average molecular weight is 466 g/mol. The fraction of sp³-hybridized carbons (Fsp3) is 0.269. The number of rotatable bonds is 10. The summed E-state index contributed by atoms with van der Waals surface area (Å²) in [5.41, 5.74) is 3.23. The first-order valence-corrected chi connectivity index (χ1v) is 12.5. The number of nitrogens with zero attached hydrogens (tertiary/aromatic N) is 2. The summed E-state index contributed by atoms with van der Waals surface area (Å²) >= 11 is 0. The number of anilines is 1. The fourth-order valence-electron chi connectivity index (χ4n) is 3.47. The number of carbonyl (C=O) groups excluding carboxylic acids is 1. The molecular weight excluding hydrogens is 434 g/mol. The second kappa shape index (κ2) is 11.1. The second-order valence-corrected chi connectivity index (χ2v) is 9.76. The number of sulfonamides is 1. The molecule has 174 valence electrons. The Morgan fingerprint density at radius 1 is 0.818 bits per heavy atom. The Balaban J connectivity index is 1.60. The average Bonchev–Trinajstić information content (AvgIpc) is 2.86. The molecule has 0 aliphatic carbocycles. The van der Waals surface area contributed by atoms with Gasteiger partial charge in [0.15, 0.2) is 0 Å². The van der Waals surface area contributed by atoms with Gasteiger partial charge in [0.25, 0.3) is 15.9 Å². The van der Waals surface area contributed by atoms with E-state index in [1.807, 2.05) is 18.2 Å². The first-order valence-electron chi connectivity index (χ1n) is 11.1. The van der Waals surface area contributed by atoms with Crippen LogP contribution in [0.5, 0.6) is 0 Å². The minimum absolute atomic E-state index is 0.134. The van der Waals surface area contributed by atoms with Crippen LogP contribution in [-0.4, -0.2) is 39.4 Å². The quantitative estimate of drug-likeness (QED) is 0.485. The summed E-state index contributed by atoms with van der Waals surface area (Å²) in [6.07, 6.45) is 0. The minimum atomic E-state index is -3.71. The number of para-hydroxylation sites is 1. The standard InChI is InChI=1S/C26H31N3O3S/c1-4-29(5-2)20-22-13-11-21(12-14-22)19-27-26(30)23-15-17-25(18-16-23)33(31,32)28(3)24-9-7-6-8-10-24/h6-18H,4-5,19-20H2,1-3H3,(H,27,30). The third-order valence-electron chi connectivity index (χ3n) is 5.67. The van der Waals surface area contributed by atoms with E-state index in [1.54, 1.807) is 24.3 Å². The number of nitrogens with one attached hydrogen (secondary N) is 1. The van der Waals surface area contributed by atoms with Gasteiger partial charge in [-0.25, -0.2) is 8.42 Å². The lowest BCUT2D eigenvalue weighted by atomic mass is 10.1. The van der Waals surface area contributed by atoms with Crippen molar-refractivity contribution in [3.8, 4) is 0 Å². The molecule has 0 saturated carbocycles. The molecule has 7 heteroatoms. The van der Waals surface area contributed by atoms with Crippen LogP contribution >= 0.6 is 0 Å². The van der Waals surface area contributed by atoms with Gasteiger partial charge in [0.05, 0.1) is 10.6 Å². The highest BCUT2D eigenvalue weighted by atomic mass is 32.2. The predicted molar refractivity (Wildman–Crippen MR) is 133 cm³/mol. The van der Waals surface area contributed by atoms with E-state index in [0.29, 0.717) is 17.8 Å². The van der Waals surface area contributed by atoms with Crippen LogP contribution < -0.4 is 9.62 Å². The topological polar surface area (TPSA) is 69.7 Å². The van der Waals surface area contributed by atoms with Crippen molar-refractivity contribution in [2.45, 2.75) is 31.8 Å². The van der Waals surface area contributed by atoms with E-state index < -0.39 is 10.0 Å². The van der Waals surface area contributed by atoms with E-state index >= 15 is 0 Å². The van der Waals surface area contributed by atoms with Crippen molar-refractivity contribution in [1.82, 2.24) is 10.2 Å². The van der Waals surface area contributed by atoms with Crippen LogP contribution in [0.2, 0.25) is 0 Å². The Morgan fingerprint density at radius 2 is 1.39 bits per heavy atom. The number of hydrogen-bond donors (Lipinski definition) is 1. The Bertz CT molecular complexity index is 1140. The predicted octanol–water partition coefficient (Wildman–Crippen LogP) is 4.28. The lowest BCUT2D eigenvalue weighted by Gasteiger charge is -2.19. The van der Waals surface area contributed by atoms with E-state index in [9.17, 15) is 13.2 Å². The zero-order valence-electron chi connectivity index (χ0n) is 19.4. The van der Waals surface area contributed by atoms with Crippen LogP contribution in [0.25, 0.3) is 0 Å². The van der Waals surface area contributed by atoms with Gasteiger partial charge in [0, 0.05) is 25.7 Å². The van der Waals surface area contributed by atoms with E-state index in [-0.39, 0.29) is 10.8 Å². The van der Waals surface area contributed by atoms with Crippen molar-refractivity contribution in [3.63, 3.8) is 0 Å². The largest absolute Gasteiger partial charge is 0.348 e. The Labute approximate surface area is 196 Å². The molecule has 3 rings (SSSR count). The van der Waals surface area contributed by atoms with Gasteiger partial charge < -0.3 is 5.32 Å². The van der Waals surface area contributed by atoms with Crippen molar-refractivity contribution in [2.75, 3.05) is 24.4 Å². The maximum Gasteiger partial charge on any atom is 0.264 e. The number of benzene rings is 3. The fourth-order valence-corrected chi connectivity index (χ4v) is 4.66. The molecule has 0 fully saturated rings. The molecule has 0 unspecified atom stereocenters. The summed E-state index contributed by atoms with van der Waals surface area (Å²) in [7, 11) is -2.20. The highest BCUT2D eigenvalue weighted by Crippen LogP contribution is 2.22. The third kappa shape index (κ3) is 6.21. The van der Waals surface area contributed by atoms with Crippen molar-refractivity contribution in [1.29, 1.82) is 0 Å². The minimum Gasteiger partial charge on any atom is -0.348 e. The van der Waals surface area contributed by atoms with Gasteiger partial charge in [-0.2, -0.15) is 0 Å². The molecule has 0 spiro atoms. The molecule has 0 radical (unpaired) electrons. The molecule has 1 amide bonds. The molecule has 0 heterocycles. The van der Waals surface area contributed by atoms with E-state index in [1.165, 1.54) is 41.2 Å². The van der Waals surface area contributed by atoms with Gasteiger partial charge in [-0.15, -0.1) is 0 Å². The first kappa shape index (κ1) is 24.5.